The molecule has 0 spiro atoms. The summed E-state index contributed by atoms with van der Waals surface area (Å²) in [5.41, 5.74) is 6.31. The first-order valence-electron chi connectivity index (χ1n) is 5.42. The first-order chi connectivity index (χ1) is 8.99. The molecular weight excluding hydrogens is 314 g/mol. The van der Waals surface area contributed by atoms with Crippen molar-refractivity contribution >= 4 is 33.5 Å². The fourth-order valence-corrected chi connectivity index (χ4v) is 1.71. The minimum absolute atomic E-state index is 0.153. The summed E-state index contributed by atoms with van der Waals surface area (Å²) in [4.78, 5) is 23.0. The summed E-state index contributed by atoms with van der Waals surface area (Å²) in [5.74, 6) is -1.46. The molecule has 0 radical (unpaired) electrons. The Bertz CT molecular complexity index is 540. The lowest BCUT2D eigenvalue weighted by Crippen LogP contribution is -2.43. The maximum absolute atomic E-state index is 11.7. The highest BCUT2D eigenvalue weighted by atomic mass is 79.9. The summed E-state index contributed by atoms with van der Waals surface area (Å²) >= 11 is 3.21. The highest BCUT2D eigenvalue weighted by Crippen LogP contribution is 2.23. The SMILES string of the molecule is CCOC(=O)C(N)C(=O)Nc1ccc(C#N)cc1Br. The zero-order chi connectivity index (χ0) is 14.4. The third-order valence-electron chi connectivity index (χ3n) is 2.18. The first kappa shape index (κ1) is 15.1. The first-order valence-corrected chi connectivity index (χ1v) is 6.21. The molecule has 1 rings (SSSR count). The number of nitrogens with zero attached hydrogens (tertiary/aromatic N) is 1. The number of rotatable bonds is 4. The molecule has 0 aliphatic rings. The Hall–Kier alpha value is -1.91. The lowest BCUT2D eigenvalue weighted by Gasteiger charge is -2.12. The zero-order valence-corrected chi connectivity index (χ0v) is 11.7. The van der Waals surface area contributed by atoms with Crippen LogP contribution >= 0.6 is 15.9 Å². The number of hydrogen-bond acceptors (Lipinski definition) is 5. The van der Waals surface area contributed by atoms with Crippen LogP contribution in [0.2, 0.25) is 0 Å². The van der Waals surface area contributed by atoms with Crippen molar-refractivity contribution in [3.63, 3.8) is 0 Å². The van der Waals surface area contributed by atoms with Gasteiger partial charge in [-0.05, 0) is 41.1 Å². The monoisotopic (exact) mass is 325 g/mol. The summed E-state index contributed by atoms with van der Waals surface area (Å²) in [6.45, 7) is 1.78. The molecular formula is C12H12BrN3O3. The van der Waals surface area contributed by atoms with Gasteiger partial charge in [-0.3, -0.25) is 4.79 Å². The number of carbonyl (C=O) groups is 2. The van der Waals surface area contributed by atoms with E-state index in [2.05, 4.69) is 26.0 Å². The van der Waals surface area contributed by atoms with Gasteiger partial charge in [0.1, 0.15) is 0 Å². The van der Waals surface area contributed by atoms with E-state index in [0.29, 0.717) is 15.7 Å². The molecule has 1 aromatic carbocycles. The second-order valence-electron chi connectivity index (χ2n) is 3.53. The number of hydrogen-bond donors (Lipinski definition) is 2. The van der Waals surface area contributed by atoms with E-state index in [1.165, 1.54) is 6.07 Å². The maximum Gasteiger partial charge on any atom is 0.332 e. The smallest absolute Gasteiger partial charge is 0.332 e. The minimum Gasteiger partial charge on any atom is -0.464 e. The van der Waals surface area contributed by atoms with Gasteiger partial charge < -0.3 is 15.8 Å². The topological polar surface area (TPSA) is 105 Å². The quantitative estimate of drug-likeness (QED) is 0.638. The van der Waals surface area contributed by atoms with E-state index in [0.717, 1.165) is 0 Å². The summed E-state index contributed by atoms with van der Waals surface area (Å²) in [6.07, 6.45) is 0. The molecule has 1 aromatic rings. The van der Waals surface area contributed by atoms with Crippen molar-refractivity contribution in [1.29, 1.82) is 5.26 Å². The van der Waals surface area contributed by atoms with E-state index in [-0.39, 0.29) is 6.61 Å². The summed E-state index contributed by atoms with van der Waals surface area (Å²) in [7, 11) is 0. The van der Waals surface area contributed by atoms with Crippen molar-refractivity contribution in [3.8, 4) is 6.07 Å². The Morgan fingerprint density at radius 2 is 2.26 bits per heavy atom. The van der Waals surface area contributed by atoms with Gasteiger partial charge in [-0.1, -0.05) is 0 Å². The molecule has 0 aromatic heterocycles. The van der Waals surface area contributed by atoms with Gasteiger partial charge in [0.25, 0.3) is 5.91 Å². The number of esters is 1. The number of halogens is 1. The van der Waals surface area contributed by atoms with Crippen LogP contribution < -0.4 is 11.1 Å². The maximum atomic E-state index is 11.7. The molecule has 0 aliphatic heterocycles. The van der Waals surface area contributed by atoms with Crippen LogP contribution in [0.5, 0.6) is 0 Å². The Morgan fingerprint density at radius 1 is 1.58 bits per heavy atom. The van der Waals surface area contributed by atoms with Crippen molar-refractivity contribution < 1.29 is 14.3 Å². The molecule has 6 nitrogen and oxygen atoms in total. The molecule has 0 aliphatic carbocycles. The number of nitriles is 1. The molecule has 0 saturated carbocycles. The van der Waals surface area contributed by atoms with Gasteiger partial charge >= 0.3 is 5.97 Å². The Kier molecular flexibility index (Phi) is 5.48. The summed E-state index contributed by atoms with van der Waals surface area (Å²) in [5, 5.41) is 11.2. The molecule has 7 heteroatoms. The Labute approximate surface area is 118 Å². The zero-order valence-electron chi connectivity index (χ0n) is 10.1. The second-order valence-corrected chi connectivity index (χ2v) is 4.38. The number of nitrogens with one attached hydrogen (secondary N) is 1. The largest absolute Gasteiger partial charge is 0.464 e. The van der Waals surface area contributed by atoms with Crippen LogP contribution in [0.4, 0.5) is 5.69 Å². The number of amides is 1. The predicted molar refractivity (Wildman–Crippen MR) is 72.1 cm³/mol. The van der Waals surface area contributed by atoms with Gasteiger partial charge in [0, 0.05) is 4.47 Å². The molecule has 0 fully saturated rings. The summed E-state index contributed by atoms with van der Waals surface area (Å²) < 4.78 is 5.17. The van der Waals surface area contributed by atoms with E-state index in [1.807, 2.05) is 6.07 Å². The van der Waals surface area contributed by atoms with E-state index in [1.54, 1.807) is 19.1 Å². The molecule has 100 valence electrons. The fraction of sp³-hybridized carbons (Fsp3) is 0.250. The van der Waals surface area contributed by atoms with Crippen LogP contribution in [0.3, 0.4) is 0 Å². The summed E-state index contributed by atoms with van der Waals surface area (Å²) in [6, 6.07) is 5.20. The minimum atomic E-state index is -1.39. The average Bonchev–Trinajstić information content (AvgIpc) is 2.40. The van der Waals surface area contributed by atoms with Crippen molar-refractivity contribution in [2.75, 3.05) is 11.9 Å². The van der Waals surface area contributed by atoms with Crippen molar-refractivity contribution in [2.45, 2.75) is 13.0 Å². The van der Waals surface area contributed by atoms with E-state index in [4.69, 9.17) is 11.0 Å². The lowest BCUT2D eigenvalue weighted by atomic mass is 10.2. The molecule has 3 N–H and O–H groups in total. The molecule has 1 atom stereocenters. The molecule has 1 unspecified atom stereocenters. The molecule has 0 bridgehead atoms. The van der Waals surface area contributed by atoms with E-state index >= 15 is 0 Å². The van der Waals surface area contributed by atoms with Gasteiger partial charge in [0.2, 0.25) is 0 Å². The lowest BCUT2D eigenvalue weighted by molar-refractivity contribution is -0.146. The van der Waals surface area contributed by atoms with Crippen LogP contribution in [0, 0.1) is 11.3 Å². The number of ether oxygens (including phenoxy) is 1. The number of carbonyl (C=O) groups excluding carboxylic acids is 2. The van der Waals surface area contributed by atoms with Gasteiger partial charge in [-0.15, -0.1) is 0 Å². The van der Waals surface area contributed by atoms with Crippen LogP contribution in [0.15, 0.2) is 22.7 Å². The fourth-order valence-electron chi connectivity index (χ4n) is 1.24. The van der Waals surface area contributed by atoms with Crippen molar-refractivity contribution in [1.82, 2.24) is 0 Å². The van der Waals surface area contributed by atoms with Crippen LogP contribution in [-0.4, -0.2) is 24.5 Å². The van der Waals surface area contributed by atoms with E-state index in [9.17, 15) is 9.59 Å². The molecule has 0 heterocycles. The number of anilines is 1. The highest BCUT2D eigenvalue weighted by Gasteiger charge is 2.23. The molecule has 1 amide bonds. The predicted octanol–water partition coefficient (Wildman–Crippen LogP) is 1.15. The number of benzene rings is 1. The average molecular weight is 326 g/mol. The molecule has 19 heavy (non-hydrogen) atoms. The van der Waals surface area contributed by atoms with Crippen molar-refractivity contribution in [3.05, 3.63) is 28.2 Å². The second kappa shape index (κ2) is 6.87. The van der Waals surface area contributed by atoms with Crippen LogP contribution in [-0.2, 0) is 14.3 Å². The highest BCUT2D eigenvalue weighted by molar-refractivity contribution is 9.10. The van der Waals surface area contributed by atoms with E-state index < -0.39 is 17.9 Å². The van der Waals surface area contributed by atoms with Crippen molar-refractivity contribution in [2.24, 2.45) is 5.73 Å². The molecule has 0 saturated heterocycles. The Balaban J connectivity index is 2.77. The van der Waals surface area contributed by atoms with Crippen LogP contribution in [0.1, 0.15) is 12.5 Å². The normalized spacial score (nSPS) is 11.3. The Morgan fingerprint density at radius 3 is 2.79 bits per heavy atom. The third-order valence-corrected chi connectivity index (χ3v) is 2.84. The van der Waals surface area contributed by atoms with Crippen LogP contribution in [0.25, 0.3) is 0 Å². The number of nitrogens with two attached hydrogens (primary N) is 1. The standard InChI is InChI=1S/C12H12BrN3O3/c1-2-19-12(18)10(15)11(17)16-9-4-3-7(6-14)5-8(9)13/h3-5,10H,2,15H2,1H3,(H,16,17). The van der Waals surface area contributed by atoms with Gasteiger partial charge in [0.15, 0.2) is 6.04 Å². The van der Waals surface area contributed by atoms with Gasteiger partial charge in [-0.25, -0.2) is 4.79 Å². The third kappa shape index (κ3) is 4.05. The van der Waals surface area contributed by atoms with Gasteiger partial charge in [-0.2, -0.15) is 5.26 Å². The van der Waals surface area contributed by atoms with Gasteiger partial charge in [0.05, 0.1) is 23.9 Å².